The summed E-state index contributed by atoms with van der Waals surface area (Å²) in [4.78, 5) is 0. The maximum atomic E-state index is 12.7. The summed E-state index contributed by atoms with van der Waals surface area (Å²) < 4.78 is 18.0. The van der Waals surface area contributed by atoms with Crippen LogP contribution in [-0.2, 0) is 0 Å². The molecule has 2 nitrogen and oxygen atoms in total. The summed E-state index contributed by atoms with van der Waals surface area (Å²) in [6.45, 7) is -0.146. The second-order valence-electron chi connectivity index (χ2n) is 3.27. The molecule has 0 aliphatic carbocycles. The molecule has 1 unspecified atom stereocenters. The second kappa shape index (κ2) is 3.80. The first kappa shape index (κ1) is 9.21. The summed E-state index contributed by atoms with van der Waals surface area (Å²) in [5, 5.41) is 0.995. The van der Waals surface area contributed by atoms with Crippen LogP contribution in [0, 0.1) is 0 Å². The van der Waals surface area contributed by atoms with Crippen LogP contribution >= 0.6 is 0 Å². The lowest BCUT2D eigenvalue weighted by molar-refractivity contribution is 0.433. The molecular weight excluding hydrogens is 181 g/mol. The van der Waals surface area contributed by atoms with Gasteiger partial charge in [-0.25, -0.2) is 0 Å². The van der Waals surface area contributed by atoms with Crippen molar-refractivity contribution in [1.29, 1.82) is 0 Å². The molecule has 1 aromatic heterocycles. The van der Waals surface area contributed by atoms with Gasteiger partial charge < -0.3 is 10.2 Å². The summed E-state index contributed by atoms with van der Waals surface area (Å²) in [5.41, 5.74) is 7.10. The second-order valence-corrected chi connectivity index (χ2v) is 3.27. The zero-order valence-electron chi connectivity index (χ0n) is 7.74. The van der Waals surface area contributed by atoms with Crippen molar-refractivity contribution in [3.63, 3.8) is 0 Å². The average Bonchev–Trinajstić information content (AvgIpc) is 2.68. The normalized spacial score (nSPS) is 13.3. The van der Waals surface area contributed by atoms with Gasteiger partial charge in [-0.05, 0) is 6.07 Å². The fourth-order valence-corrected chi connectivity index (χ4v) is 1.61. The Morgan fingerprint density at radius 2 is 2.21 bits per heavy atom. The number of hydrogen-bond acceptors (Lipinski definition) is 2. The van der Waals surface area contributed by atoms with E-state index in [2.05, 4.69) is 0 Å². The van der Waals surface area contributed by atoms with Crippen LogP contribution in [0.1, 0.15) is 11.5 Å². The molecular formula is C11H12FNO. The fourth-order valence-electron chi connectivity index (χ4n) is 1.61. The van der Waals surface area contributed by atoms with E-state index in [1.165, 1.54) is 0 Å². The Bertz CT molecular complexity index is 420. The number of para-hydroxylation sites is 1. The summed E-state index contributed by atoms with van der Waals surface area (Å²) in [5.74, 6) is -0.259. The topological polar surface area (TPSA) is 39.2 Å². The predicted molar refractivity (Wildman–Crippen MR) is 54.0 cm³/mol. The number of benzene rings is 1. The van der Waals surface area contributed by atoms with E-state index in [0.717, 1.165) is 16.5 Å². The Kier molecular flexibility index (Phi) is 2.50. The van der Waals surface area contributed by atoms with Gasteiger partial charge >= 0.3 is 0 Å². The molecule has 74 valence electrons. The first-order valence-corrected chi connectivity index (χ1v) is 4.59. The van der Waals surface area contributed by atoms with Crippen LogP contribution in [0.2, 0.25) is 0 Å². The molecule has 0 bridgehead atoms. The van der Waals surface area contributed by atoms with Crippen LogP contribution in [0.15, 0.2) is 34.9 Å². The molecule has 0 aliphatic rings. The monoisotopic (exact) mass is 193 g/mol. The van der Waals surface area contributed by atoms with E-state index in [1.807, 2.05) is 24.3 Å². The molecule has 14 heavy (non-hydrogen) atoms. The van der Waals surface area contributed by atoms with E-state index in [4.69, 9.17) is 10.2 Å². The third-order valence-corrected chi connectivity index (χ3v) is 2.42. The first-order valence-electron chi connectivity index (χ1n) is 4.59. The average molecular weight is 193 g/mol. The van der Waals surface area contributed by atoms with E-state index in [9.17, 15) is 4.39 Å². The molecule has 1 heterocycles. The highest BCUT2D eigenvalue weighted by atomic mass is 19.1. The molecule has 0 saturated carbocycles. The van der Waals surface area contributed by atoms with Crippen LogP contribution in [-0.4, -0.2) is 13.2 Å². The van der Waals surface area contributed by atoms with Crippen molar-refractivity contribution in [2.24, 2.45) is 5.73 Å². The van der Waals surface area contributed by atoms with Gasteiger partial charge in [-0.1, -0.05) is 18.2 Å². The van der Waals surface area contributed by atoms with Gasteiger partial charge in [0.15, 0.2) is 0 Å². The van der Waals surface area contributed by atoms with Crippen LogP contribution in [0.3, 0.4) is 0 Å². The molecule has 0 radical (unpaired) electrons. The largest absolute Gasteiger partial charge is 0.464 e. The zero-order chi connectivity index (χ0) is 9.97. The highest BCUT2D eigenvalue weighted by Crippen LogP contribution is 2.26. The van der Waals surface area contributed by atoms with Gasteiger partial charge in [-0.15, -0.1) is 0 Å². The van der Waals surface area contributed by atoms with Gasteiger partial charge in [0.1, 0.15) is 5.58 Å². The third-order valence-electron chi connectivity index (χ3n) is 2.42. The minimum Gasteiger partial charge on any atom is -0.464 e. The zero-order valence-corrected chi connectivity index (χ0v) is 7.74. The number of rotatable bonds is 3. The van der Waals surface area contributed by atoms with Gasteiger partial charge in [-0.3, -0.25) is 4.39 Å². The number of halogens is 1. The van der Waals surface area contributed by atoms with Crippen molar-refractivity contribution >= 4 is 11.0 Å². The first-order chi connectivity index (χ1) is 6.86. The quantitative estimate of drug-likeness (QED) is 0.813. The highest BCUT2D eigenvalue weighted by molar-refractivity contribution is 5.80. The van der Waals surface area contributed by atoms with Crippen molar-refractivity contribution in [2.75, 3.05) is 13.2 Å². The van der Waals surface area contributed by atoms with Gasteiger partial charge in [0, 0.05) is 23.4 Å². The summed E-state index contributed by atoms with van der Waals surface area (Å²) in [7, 11) is 0. The predicted octanol–water partition coefficient (Wildman–Crippen LogP) is 2.44. The molecule has 0 spiro atoms. The molecule has 3 heteroatoms. The van der Waals surface area contributed by atoms with E-state index in [0.29, 0.717) is 6.54 Å². The lowest BCUT2D eigenvalue weighted by Crippen LogP contribution is -2.14. The number of hydrogen-bond donors (Lipinski definition) is 1. The van der Waals surface area contributed by atoms with Crippen LogP contribution in [0.4, 0.5) is 4.39 Å². The molecule has 0 saturated heterocycles. The van der Waals surface area contributed by atoms with Gasteiger partial charge in [-0.2, -0.15) is 0 Å². The summed E-state index contributed by atoms with van der Waals surface area (Å²) in [6.07, 6.45) is 1.61. The SMILES string of the molecule is NCC(CF)c1cccc2ccoc12. The van der Waals surface area contributed by atoms with Crippen LogP contribution < -0.4 is 5.73 Å². The van der Waals surface area contributed by atoms with Crippen molar-refractivity contribution in [3.05, 3.63) is 36.1 Å². The standard InChI is InChI=1S/C11H12FNO/c12-6-9(7-13)10-3-1-2-8-4-5-14-11(8)10/h1-5,9H,6-7,13H2. The Morgan fingerprint density at radius 3 is 2.93 bits per heavy atom. The Labute approximate surface area is 81.5 Å². The van der Waals surface area contributed by atoms with E-state index in [-0.39, 0.29) is 5.92 Å². The lowest BCUT2D eigenvalue weighted by Gasteiger charge is -2.10. The van der Waals surface area contributed by atoms with Crippen molar-refractivity contribution < 1.29 is 8.81 Å². The minimum atomic E-state index is -0.448. The molecule has 2 rings (SSSR count). The molecule has 0 fully saturated rings. The van der Waals surface area contributed by atoms with E-state index < -0.39 is 6.67 Å². The molecule has 2 N–H and O–H groups in total. The number of alkyl halides is 1. The molecule has 2 aromatic rings. The lowest BCUT2D eigenvalue weighted by atomic mass is 9.99. The third kappa shape index (κ3) is 1.40. The number of furan rings is 1. The smallest absolute Gasteiger partial charge is 0.137 e. The molecule has 1 aromatic carbocycles. The van der Waals surface area contributed by atoms with Crippen LogP contribution in [0.25, 0.3) is 11.0 Å². The van der Waals surface area contributed by atoms with Crippen LogP contribution in [0.5, 0.6) is 0 Å². The maximum Gasteiger partial charge on any atom is 0.137 e. The summed E-state index contributed by atoms with van der Waals surface area (Å²) in [6, 6.07) is 7.56. The fraction of sp³-hybridized carbons (Fsp3) is 0.273. The van der Waals surface area contributed by atoms with Crippen molar-refractivity contribution in [3.8, 4) is 0 Å². The van der Waals surface area contributed by atoms with Gasteiger partial charge in [0.05, 0.1) is 12.9 Å². The molecule has 1 atom stereocenters. The van der Waals surface area contributed by atoms with E-state index >= 15 is 0 Å². The van der Waals surface area contributed by atoms with E-state index in [1.54, 1.807) is 6.26 Å². The highest BCUT2D eigenvalue weighted by Gasteiger charge is 2.14. The summed E-state index contributed by atoms with van der Waals surface area (Å²) >= 11 is 0. The van der Waals surface area contributed by atoms with Gasteiger partial charge in [0.25, 0.3) is 0 Å². The number of nitrogens with two attached hydrogens (primary N) is 1. The maximum absolute atomic E-state index is 12.7. The molecule has 0 amide bonds. The number of fused-ring (bicyclic) bond motifs is 1. The Hall–Kier alpha value is -1.35. The van der Waals surface area contributed by atoms with Crippen molar-refractivity contribution in [2.45, 2.75) is 5.92 Å². The minimum absolute atomic E-state index is 0.259. The van der Waals surface area contributed by atoms with Crippen molar-refractivity contribution in [1.82, 2.24) is 0 Å². The van der Waals surface area contributed by atoms with Gasteiger partial charge in [0.2, 0.25) is 0 Å². The Balaban J connectivity index is 2.54. The Morgan fingerprint density at radius 1 is 1.36 bits per heavy atom. The molecule has 0 aliphatic heterocycles.